The molecular formula is C22H22N2O4. The molecule has 3 aromatic rings. The number of fused-ring (bicyclic) bond motifs is 1. The molecule has 1 N–H and O–H groups in total. The first-order valence-electron chi connectivity index (χ1n) is 9.01. The summed E-state index contributed by atoms with van der Waals surface area (Å²) >= 11 is 0. The van der Waals surface area contributed by atoms with E-state index < -0.39 is 5.97 Å². The third kappa shape index (κ3) is 4.46. The summed E-state index contributed by atoms with van der Waals surface area (Å²) in [5, 5.41) is 3.55. The van der Waals surface area contributed by atoms with Gasteiger partial charge in [-0.15, -0.1) is 0 Å². The second-order valence-corrected chi connectivity index (χ2v) is 6.41. The van der Waals surface area contributed by atoms with Crippen molar-refractivity contribution in [3.8, 4) is 5.75 Å². The molecule has 6 heteroatoms. The molecular weight excluding hydrogens is 356 g/mol. The summed E-state index contributed by atoms with van der Waals surface area (Å²) in [4.78, 5) is 28.5. The minimum Gasteiger partial charge on any atom is -0.483 e. The molecule has 0 aliphatic rings. The van der Waals surface area contributed by atoms with Gasteiger partial charge in [0.2, 0.25) is 0 Å². The highest BCUT2D eigenvalue weighted by Crippen LogP contribution is 2.27. The Morgan fingerprint density at radius 2 is 1.93 bits per heavy atom. The lowest BCUT2D eigenvalue weighted by Gasteiger charge is -2.12. The Bertz CT molecular complexity index is 1030. The van der Waals surface area contributed by atoms with Gasteiger partial charge in [0, 0.05) is 17.1 Å². The quantitative estimate of drug-likeness (QED) is 0.658. The summed E-state index contributed by atoms with van der Waals surface area (Å²) in [7, 11) is 1.29. The summed E-state index contributed by atoms with van der Waals surface area (Å²) < 4.78 is 10.5. The molecule has 6 nitrogen and oxygen atoms in total. The summed E-state index contributed by atoms with van der Waals surface area (Å²) in [6.07, 6.45) is 0.888. The Kier molecular flexibility index (Phi) is 5.89. The van der Waals surface area contributed by atoms with E-state index in [1.165, 1.54) is 13.2 Å². The zero-order chi connectivity index (χ0) is 20.1. The van der Waals surface area contributed by atoms with Crippen LogP contribution in [-0.2, 0) is 16.0 Å². The third-order valence-electron chi connectivity index (χ3n) is 4.30. The van der Waals surface area contributed by atoms with Crippen LogP contribution < -0.4 is 10.1 Å². The Morgan fingerprint density at radius 3 is 2.68 bits per heavy atom. The van der Waals surface area contributed by atoms with Gasteiger partial charge in [-0.25, -0.2) is 9.78 Å². The van der Waals surface area contributed by atoms with Crippen LogP contribution in [0.15, 0.2) is 48.5 Å². The topological polar surface area (TPSA) is 77.5 Å². The maximum atomic E-state index is 12.3. The molecule has 0 atom stereocenters. The number of pyridine rings is 1. The lowest BCUT2D eigenvalue weighted by atomic mass is 10.1. The zero-order valence-electron chi connectivity index (χ0n) is 16.1. The highest BCUT2D eigenvalue weighted by atomic mass is 16.5. The number of methoxy groups -OCH3 is 1. The lowest BCUT2D eigenvalue weighted by molar-refractivity contribution is -0.118. The second-order valence-electron chi connectivity index (χ2n) is 6.41. The molecule has 1 amide bonds. The number of nitrogens with zero attached hydrogens (tertiary/aromatic N) is 1. The van der Waals surface area contributed by atoms with E-state index in [4.69, 9.17) is 9.47 Å². The second kappa shape index (κ2) is 8.52. The average molecular weight is 378 g/mol. The van der Waals surface area contributed by atoms with Crippen molar-refractivity contribution in [3.63, 3.8) is 0 Å². The van der Waals surface area contributed by atoms with Crippen molar-refractivity contribution in [2.24, 2.45) is 0 Å². The van der Waals surface area contributed by atoms with Gasteiger partial charge >= 0.3 is 5.97 Å². The predicted molar refractivity (Wildman–Crippen MR) is 108 cm³/mol. The van der Waals surface area contributed by atoms with Crippen LogP contribution in [0.25, 0.3) is 10.9 Å². The van der Waals surface area contributed by atoms with E-state index in [9.17, 15) is 9.59 Å². The SMILES string of the molecule is CCc1cccc(NC(=O)COc2cc(C(=O)OC)nc3ccc(C)cc23)c1. The molecule has 3 rings (SSSR count). The number of carbonyl (C=O) groups excluding carboxylic acids is 2. The zero-order valence-corrected chi connectivity index (χ0v) is 16.1. The van der Waals surface area contributed by atoms with Gasteiger partial charge in [-0.2, -0.15) is 0 Å². The van der Waals surface area contributed by atoms with Crippen molar-refractivity contribution >= 4 is 28.5 Å². The number of aryl methyl sites for hydroxylation is 2. The molecule has 1 aromatic heterocycles. The van der Waals surface area contributed by atoms with E-state index in [0.717, 1.165) is 28.6 Å². The Labute approximate surface area is 163 Å². The number of ether oxygens (including phenoxy) is 2. The number of carbonyl (C=O) groups is 2. The van der Waals surface area contributed by atoms with Crippen molar-refractivity contribution in [3.05, 3.63) is 65.4 Å². The van der Waals surface area contributed by atoms with Crippen LogP contribution in [-0.4, -0.2) is 30.6 Å². The van der Waals surface area contributed by atoms with Crippen molar-refractivity contribution in [2.45, 2.75) is 20.3 Å². The van der Waals surface area contributed by atoms with E-state index in [1.807, 2.05) is 43.3 Å². The van der Waals surface area contributed by atoms with Crippen molar-refractivity contribution in [1.82, 2.24) is 4.98 Å². The highest BCUT2D eigenvalue weighted by molar-refractivity contribution is 5.95. The fraction of sp³-hybridized carbons (Fsp3) is 0.227. The van der Waals surface area contributed by atoms with Crippen molar-refractivity contribution in [1.29, 1.82) is 0 Å². The maximum absolute atomic E-state index is 12.3. The number of benzene rings is 2. The first kappa shape index (κ1) is 19.4. The Hall–Kier alpha value is -3.41. The molecule has 0 aliphatic heterocycles. The first-order valence-corrected chi connectivity index (χ1v) is 9.01. The van der Waals surface area contributed by atoms with Crippen molar-refractivity contribution in [2.75, 3.05) is 19.0 Å². The third-order valence-corrected chi connectivity index (χ3v) is 4.30. The van der Waals surface area contributed by atoms with Crippen LogP contribution in [0, 0.1) is 6.92 Å². The number of esters is 1. The minimum atomic E-state index is -0.562. The van der Waals surface area contributed by atoms with Crippen LogP contribution in [0.3, 0.4) is 0 Å². The molecule has 0 aliphatic carbocycles. The monoisotopic (exact) mass is 378 g/mol. The Morgan fingerprint density at radius 1 is 1.11 bits per heavy atom. The number of hydrogen-bond donors (Lipinski definition) is 1. The number of hydrogen-bond acceptors (Lipinski definition) is 5. The molecule has 2 aromatic carbocycles. The average Bonchev–Trinajstić information content (AvgIpc) is 2.71. The van der Waals surface area contributed by atoms with E-state index >= 15 is 0 Å². The van der Waals surface area contributed by atoms with Gasteiger partial charge in [0.1, 0.15) is 5.75 Å². The predicted octanol–water partition coefficient (Wildman–Crippen LogP) is 3.91. The van der Waals surface area contributed by atoms with Crippen LogP contribution >= 0.6 is 0 Å². The molecule has 0 radical (unpaired) electrons. The summed E-state index contributed by atoms with van der Waals surface area (Å²) in [5.74, 6) is -0.440. The number of amides is 1. The largest absolute Gasteiger partial charge is 0.483 e. The highest BCUT2D eigenvalue weighted by Gasteiger charge is 2.14. The summed E-state index contributed by atoms with van der Waals surface area (Å²) in [6, 6.07) is 14.8. The van der Waals surface area contributed by atoms with Gasteiger partial charge in [-0.3, -0.25) is 4.79 Å². The number of rotatable bonds is 6. The van der Waals surface area contributed by atoms with Gasteiger partial charge in [0.05, 0.1) is 12.6 Å². The van der Waals surface area contributed by atoms with E-state index in [-0.39, 0.29) is 18.2 Å². The van der Waals surface area contributed by atoms with E-state index in [1.54, 1.807) is 6.07 Å². The molecule has 144 valence electrons. The van der Waals surface area contributed by atoms with Gasteiger partial charge in [-0.05, 0) is 43.2 Å². The number of anilines is 1. The Balaban J connectivity index is 1.81. The molecule has 0 saturated carbocycles. The van der Waals surface area contributed by atoms with Crippen LogP contribution in [0.1, 0.15) is 28.5 Å². The molecule has 0 saturated heterocycles. The maximum Gasteiger partial charge on any atom is 0.356 e. The smallest absolute Gasteiger partial charge is 0.356 e. The van der Waals surface area contributed by atoms with Gasteiger partial charge in [-0.1, -0.05) is 30.7 Å². The van der Waals surface area contributed by atoms with Crippen molar-refractivity contribution < 1.29 is 19.1 Å². The number of nitrogens with one attached hydrogen (secondary N) is 1. The molecule has 0 unspecified atom stereocenters. The standard InChI is InChI=1S/C22H22N2O4/c1-4-15-6-5-7-16(11-15)23-21(25)13-28-20-12-19(22(26)27-3)24-18-9-8-14(2)10-17(18)20/h5-12H,4,13H2,1-3H3,(H,23,25). The fourth-order valence-electron chi connectivity index (χ4n) is 2.85. The van der Waals surface area contributed by atoms with Crippen LogP contribution in [0.4, 0.5) is 5.69 Å². The van der Waals surface area contributed by atoms with Gasteiger partial charge in [0.25, 0.3) is 5.91 Å². The molecule has 0 fully saturated rings. The number of aromatic nitrogens is 1. The first-order chi connectivity index (χ1) is 13.5. The fourth-order valence-corrected chi connectivity index (χ4v) is 2.85. The normalized spacial score (nSPS) is 10.5. The summed E-state index contributed by atoms with van der Waals surface area (Å²) in [5.41, 5.74) is 3.60. The summed E-state index contributed by atoms with van der Waals surface area (Å²) in [6.45, 7) is 3.81. The molecule has 28 heavy (non-hydrogen) atoms. The molecule has 1 heterocycles. The molecule has 0 spiro atoms. The van der Waals surface area contributed by atoms with Crippen LogP contribution in [0.5, 0.6) is 5.75 Å². The van der Waals surface area contributed by atoms with E-state index in [0.29, 0.717) is 11.3 Å². The van der Waals surface area contributed by atoms with E-state index in [2.05, 4.69) is 17.2 Å². The van der Waals surface area contributed by atoms with Gasteiger partial charge in [0.15, 0.2) is 12.3 Å². The lowest BCUT2D eigenvalue weighted by Crippen LogP contribution is -2.20. The van der Waals surface area contributed by atoms with Crippen LogP contribution in [0.2, 0.25) is 0 Å². The minimum absolute atomic E-state index is 0.130. The van der Waals surface area contributed by atoms with Gasteiger partial charge < -0.3 is 14.8 Å². The molecule has 0 bridgehead atoms.